The number of halogens is 1. The van der Waals surface area contributed by atoms with E-state index in [-0.39, 0.29) is 0 Å². The first-order valence-corrected chi connectivity index (χ1v) is 8.55. The highest BCUT2D eigenvalue weighted by atomic mass is 127. The zero-order chi connectivity index (χ0) is 13.5. The van der Waals surface area contributed by atoms with Crippen LogP contribution in [0.25, 0.3) is 0 Å². The zero-order valence-corrected chi connectivity index (χ0v) is 14.0. The van der Waals surface area contributed by atoms with Crippen molar-refractivity contribution in [3.63, 3.8) is 0 Å². The second-order valence-electron chi connectivity index (χ2n) is 5.48. The minimum atomic E-state index is 0.457. The molecule has 1 aromatic carbocycles. The molecule has 0 aliphatic carbocycles. The molecule has 1 saturated heterocycles. The molecule has 1 N–H and O–H groups in total. The van der Waals surface area contributed by atoms with Crippen LogP contribution in [0.15, 0.2) is 24.3 Å². The summed E-state index contributed by atoms with van der Waals surface area (Å²) in [6, 6.07) is 9.27. The average molecular weight is 372 g/mol. The third-order valence-electron chi connectivity index (χ3n) is 3.92. The number of rotatable bonds is 6. The predicted octanol–water partition coefficient (Wildman–Crippen LogP) is 3.82. The fraction of sp³-hybridized carbons (Fsp3) is 0.625. The fourth-order valence-electron chi connectivity index (χ4n) is 2.67. The third-order valence-corrected chi connectivity index (χ3v) is 4.64. The lowest BCUT2D eigenvalue weighted by Crippen LogP contribution is -2.32. The molecular weight excluding hydrogens is 347 g/mol. The summed E-state index contributed by atoms with van der Waals surface area (Å²) in [6.45, 7) is 7.25. The molecule has 1 heterocycles. The van der Waals surface area contributed by atoms with Gasteiger partial charge in [0, 0.05) is 9.61 Å². The molecule has 0 saturated carbocycles. The van der Waals surface area contributed by atoms with Crippen molar-refractivity contribution in [3.8, 4) is 0 Å². The van der Waals surface area contributed by atoms with Crippen LogP contribution in [0, 0.1) is 3.57 Å². The van der Waals surface area contributed by atoms with Crippen LogP contribution >= 0.6 is 22.6 Å². The standard InChI is InChI=1S/C16H25IN2/c1-14(15-6-8-16(17)9-7-15)18-10-5-13-19-11-3-2-4-12-19/h6-9,14,18H,2-5,10-13H2,1H3. The first-order valence-electron chi connectivity index (χ1n) is 7.47. The van der Waals surface area contributed by atoms with Gasteiger partial charge in [0.1, 0.15) is 0 Å². The lowest BCUT2D eigenvalue weighted by molar-refractivity contribution is 0.225. The van der Waals surface area contributed by atoms with Crippen molar-refractivity contribution in [3.05, 3.63) is 33.4 Å². The quantitative estimate of drug-likeness (QED) is 0.603. The zero-order valence-electron chi connectivity index (χ0n) is 11.9. The summed E-state index contributed by atoms with van der Waals surface area (Å²) >= 11 is 2.35. The Morgan fingerprint density at radius 2 is 1.84 bits per heavy atom. The summed E-state index contributed by atoms with van der Waals surface area (Å²) in [6.07, 6.45) is 5.48. The van der Waals surface area contributed by atoms with E-state index in [2.05, 4.69) is 64.0 Å². The monoisotopic (exact) mass is 372 g/mol. The van der Waals surface area contributed by atoms with Gasteiger partial charge in [0.25, 0.3) is 0 Å². The van der Waals surface area contributed by atoms with Gasteiger partial charge in [0.2, 0.25) is 0 Å². The van der Waals surface area contributed by atoms with E-state index in [0.29, 0.717) is 6.04 Å². The lowest BCUT2D eigenvalue weighted by atomic mass is 10.1. The van der Waals surface area contributed by atoms with Crippen LogP contribution in [-0.4, -0.2) is 31.1 Å². The summed E-state index contributed by atoms with van der Waals surface area (Å²) < 4.78 is 1.30. The van der Waals surface area contributed by atoms with Crippen molar-refractivity contribution >= 4 is 22.6 Å². The molecule has 0 bridgehead atoms. The SMILES string of the molecule is CC(NCCCN1CCCCC1)c1ccc(I)cc1. The largest absolute Gasteiger partial charge is 0.310 e. The van der Waals surface area contributed by atoms with E-state index in [1.54, 1.807) is 0 Å². The molecule has 1 fully saturated rings. The van der Waals surface area contributed by atoms with Crippen molar-refractivity contribution in [2.75, 3.05) is 26.2 Å². The first kappa shape index (κ1) is 15.3. The van der Waals surface area contributed by atoms with Crippen LogP contribution < -0.4 is 5.32 Å². The van der Waals surface area contributed by atoms with Gasteiger partial charge in [0.15, 0.2) is 0 Å². The summed E-state index contributed by atoms with van der Waals surface area (Å²) in [5.41, 5.74) is 1.39. The normalized spacial score (nSPS) is 18.4. The van der Waals surface area contributed by atoms with Gasteiger partial charge in [-0.1, -0.05) is 18.6 Å². The maximum atomic E-state index is 3.63. The molecule has 1 aliphatic rings. The van der Waals surface area contributed by atoms with Gasteiger partial charge in [-0.15, -0.1) is 0 Å². The number of benzene rings is 1. The van der Waals surface area contributed by atoms with E-state index < -0.39 is 0 Å². The number of nitrogens with one attached hydrogen (secondary N) is 1. The molecular formula is C16H25IN2. The van der Waals surface area contributed by atoms with E-state index in [1.165, 1.54) is 54.5 Å². The van der Waals surface area contributed by atoms with E-state index in [0.717, 1.165) is 6.54 Å². The molecule has 106 valence electrons. The Balaban J connectivity index is 1.63. The Bertz CT molecular complexity index is 358. The average Bonchev–Trinajstić information content (AvgIpc) is 2.45. The molecule has 3 heteroatoms. The summed E-state index contributed by atoms with van der Waals surface area (Å²) in [5, 5.41) is 3.63. The van der Waals surface area contributed by atoms with Crippen LogP contribution in [0.4, 0.5) is 0 Å². The molecule has 2 nitrogen and oxygen atoms in total. The minimum absolute atomic E-state index is 0.457. The smallest absolute Gasteiger partial charge is 0.0291 e. The summed E-state index contributed by atoms with van der Waals surface area (Å²) in [7, 11) is 0. The molecule has 0 aromatic heterocycles. The maximum absolute atomic E-state index is 3.63. The minimum Gasteiger partial charge on any atom is -0.310 e. The molecule has 1 atom stereocenters. The van der Waals surface area contributed by atoms with E-state index >= 15 is 0 Å². The number of likely N-dealkylation sites (tertiary alicyclic amines) is 1. The van der Waals surface area contributed by atoms with Crippen molar-refractivity contribution in [1.82, 2.24) is 10.2 Å². The third kappa shape index (κ3) is 5.40. The second kappa shape index (κ2) is 8.22. The first-order chi connectivity index (χ1) is 9.25. The van der Waals surface area contributed by atoms with Crippen molar-refractivity contribution in [2.45, 2.75) is 38.6 Å². The Morgan fingerprint density at radius 3 is 2.53 bits per heavy atom. The highest BCUT2D eigenvalue weighted by Gasteiger charge is 2.09. The molecule has 19 heavy (non-hydrogen) atoms. The van der Waals surface area contributed by atoms with Crippen LogP contribution in [0.5, 0.6) is 0 Å². The topological polar surface area (TPSA) is 15.3 Å². The summed E-state index contributed by atoms with van der Waals surface area (Å²) in [5.74, 6) is 0. The predicted molar refractivity (Wildman–Crippen MR) is 90.5 cm³/mol. The van der Waals surface area contributed by atoms with E-state index in [1.807, 2.05) is 0 Å². The molecule has 1 aromatic rings. The van der Waals surface area contributed by atoms with Crippen LogP contribution in [0.3, 0.4) is 0 Å². The second-order valence-corrected chi connectivity index (χ2v) is 6.73. The van der Waals surface area contributed by atoms with E-state index in [4.69, 9.17) is 0 Å². The van der Waals surface area contributed by atoms with Gasteiger partial charge in [-0.25, -0.2) is 0 Å². The van der Waals surface area contributed by atoms with Crippen LogP contribution in [0.1, 0.15) is 44.2 Å². The Hall–Kier alpha value is -0.130. The fourth-order valence-corrected chi connectivity index (χ4v) is 3.03. The van der Waals surface area contributed by atoms with Gasteiger partial charge in [0.05, 0.1) is 0 Å². The molecule has 0 amide bonds. The molecule has 2 rings (SSSR count). The Labute approximate surface area is 131 Å². The summed E-state index contributed by atoms with van der Waals surface area (Å²) in [4.78, 5) is 2.61. The van der Waals surface area contributed by atoms with Crippen molar-refractivity contribution < 1.29 is 0 Å². The molecule has 0 radical (unpaired) electrons. The van der Waals surface area contributed by atoms with Gasteiger partial charge in [-0.3, -0.25) is 0 Å². The lowest BCUT2D eigenvalue weighted by Gasteiger charge is -2.26. The van der Waals surface area contributed by atoms with Gasteiger partial charge < -0.3 is 10.2 Å². The van der Waals surface area contributed by atoms with Gasteiger partial charge in [-0.05, 0) is 92.7 Å². The van der Waals surface area contributed by atoms with Crippen LogP contribution in [0.2, 0.25) is 0 Å². The van der Waals surface area contributed by atoms with Crippen molar-refractivity contribution in [2.24, 2.45) is 0 Å². The number of piperidine rings is 1. The number of hydrogen-bond acceptors (Lipinski definition) is 2. The van der Waals surface area contributed by atoms with E-state index in [9.17, 15) is 0 Å². The molecule has 1 aliphatic heterocycles. The van der Waals surface area contributed by atoms with Crippen LogP contribution in [-0.2, 0) is 0 Å². The number of nitrogens with zero attached hydrogens (tertiary/aromatic N) is 1. The Kier molecular flexibility index (Phi) is 6.61. The Morgan fingerprint density at radius 1 is 1.16 bits per heavy atom. The highest BCUT2D eigenvalue weighted by molar-refractivity contribution is 14.1. The van der Waals surface area contributed by atoms with Gasteiger partial charge >= 0.3 is 0 Å². The van der Waals surface area contributed by atoms with Gasteiger partial charge in [-0.2, -0.15) is 0 Å². The highest BCUT2D eigenvalue weighted by Crippen LogP contribution is 2.14. The van der Waals surface area contributed by atoms with Crippen molar-refractivity contribution in [1.29, 1.82) is 0 Å². The molecule has 1 unspecified atom stereocenters. The molecule has 0 spiro atoms. The maximum Gasteiger partial charge on any atom is 0.0291 e. The number of hydrogen-bond donors (Lipinski definition) is 1.